The number of benzene rings is 1. The Labute approximate surface area is 99.8 Å². The van der Waals surface area contributed by atoms with Gasteiger partial charge < -0.3 is 10.5 Å². The molecule has 0 radical (unpaired) electrons. The summed E-state index contributed by atoms with van der Waals surface area (Å²) in [6.07, 6.45) is 4.15. The van der Waals surface area contributed by atoms with Crippen molar-refractivity contribution < 1.29 is 9.53 Å². The second-order valence-corrected chi connectivity index (χ2v) is 3.81. The zero-order chi connectivity index (χ0) is 12.3. The highest BCUT2D eigenvalue weighted by atomic mass is 16.5. The van der Waals surface area contributed by atoms with Crippen LogP contribution in [0.4, 0.5) is 0 Å². The fourth-order valence-corrected chi connectivity index (χ4v) is 1.88. The molecule has 17 heavy (non-hydrogen) atoms. The molecule has 0 aliphatic carbocycles. The lowest BCUT2D eigenvalue weighted by Gasteiger charge is -2.15. The largest absolute Gasteiger partial charge is 0.383 e. The van der Waals surface area contributed by atoms with Gasteiger partial charge in [0.2, 0.25) is 0 Å². The van der Waals surface area contributed by atoms with E-state index in [1.807, 2.05) is 30.4 Å². The van der Waals surface area contributed by atoms with E-state index in [1.54, 1.807) is 7.11 Å². The molecular formula is C13H14N2O2. The first-order valence-corrected chi connectivity index (χ1v) is 5.37. The van der Waals surface area contributed by atoms with Gasteiger partial charge in [-0.05, 0) is 11.1 Å². The summed E-state index contributed by atoms with van der Waals surface area (Å²) >= 11 is 0. The average Bonchev–Trinajstić information content (AvgIpc) is 2.28. The minimum atomic E-state index is -0.187. The van der Waals surface area contributed by atoms with Gasteiger partial charge in [0.15, 0.2) is 0 Å². The van der Waals surface area contributed by atoms with Gasteiger partial charge >= 0.3 is 0 Å². The molecule has 0 fully saturated rings. The molecule has 2 N–H and O–H groups in total. The van der Waals surface area contributed by atoms with Gasteiger partial charge in [-0.3, -0.25) is 4.79 Å². The van der Waals surface area contributed by atoms with Crippen LogP contribution >= 0.6 is 0 Å². The number of amides is 1. The van der Waals surface area contributed by atoms with E-state index >= 15 is 0 Å². The van der Waals surface area contributed by atoms with Gasteiger partial charge in [-0.15, -0.1) is 0 Å². The highest BCUT2D eigenvalue weighted by Gasteiger charge is 2.18. The molecule has 0 aromatic heterocycles. The average molecular weight is 230 g/mol. The smallest absolute Gasteiger partial charge is 0.252 e. The normalized spacial score (nSPS) is 14.9. The van der Waals surface area contributed by atoms with E-state index in [1.165, 1.54) is 0 Å². The Morgan fingerprint density at radius 1 is 1.53 bits per heavy atom. The molecule has 4 nitrogen and oxygen atoms in total. The summed E-state index contributed by atoms with van der Waals surface area (Å²) in [5.74, 6) is 0.113. The number of hydrogen-bond acceptors (Lipinski definition) is 3. The Kier molecular flexibility index (Phi) is 3.35. The van der Waals surface area contributed by atoms with E-state index < -0.39 is 0 Å². The SMILES string of the molecule is COC/C=C/c1cccc2c1C(N)=NC(=O)C2. The number of carbonyl (C=O) groups is 1. The topological polar surface area (TPSA) is 64.7 Å². The van der Waals surface area contributed by atoms with Gasteiger partial charge in [-0.25, -0.2) is 0 Å². The first kappa shape index (κ1) is 11.5. The molecule has 1 aliphatic heterocycles. The van der Waals surface area contributed by atoms with Crippen LogP contribution in [0.1, 0.15) is 16.7 Å². The summed E-state index contributed by atoms with van der Waals surface area (Å²) in [4.78, 5) is 15.1. The van der Waals surface area contributed by atoms with Crippen molar-refractivity contribution in [3.8, 4) is 0 Å². The Balaban J connectivity index is 2.42. The lowest BCUT2D eigenvalue weighted by molar-refractivity contribution is -0.117. The number of nitrogens with two attached hydrogens (primary N) is 1. The van der Waals surface area contributed by atoms with Gasteiger partial charge in [0, 0.05) is 12.7 Å². The lowest BCUT2D eigenvalue weighted by atomic mass is 9.95. The molecule has 1 heterocycles. The molecular weight excluding hydrogens is 216 g/mol. The van der Waals surface area contributed by atoms with E-state index in [0.717, 1.165) is 16.7 Å². The van der Waals surface area contributed by atoms with E-state index in [-0.39, 0.29) is 5.91 Å². The number of carbonyl (C=O) groups excluding carboxylic acids is 1. The number of hydrogen-bond donors (Lipinski definition) is 1. The minimum absolute atomic E-state index is 0.187. The van der Waals surface area contributed by atoms with Crippen LogP contribution in [0.3, 0.4) is 0 Å². The van der Waals surface area contributed by atoms with Crippen LogP contribution in [0, 0.1) is 0 Å². The molecule has 2 rings (SSSR count). The third-order valence-electron chi connectivity index (χ3n) is 2.59. The Hall–Kier alpha value is -1.94. The van der Waals surface area contributed by atoms with Gasteiger partial charge in [0.25, 0.3) is 5.91 Å². The Morgan fingerprint density at radius 3 is 3.12 bits per heavy atom. The third kappa shape index (κ3) is 2.42. The summed E-state index contributed by atoms with van der Waals surface area (Å²) in [6, 6.07) is 5.77. The van der Waals surface area contributed by atoms with Crippen LogP contribution < -0.4 is 5.73 Å². The van der Waals surface area contributed by atoms with Crippen molar-refractivity contribution in [3.63, 3.8) is 0 Å². The maximum Gasteiger partial charge on any atom is 0.252 e. The second-order valence-electron chi connectivity index (χ2n) is 3.81. The summed E-state index contributed by atoms with van der Waals surface area (Å²) in [5.41, 5.74) is 8.56. The molecule has 88 valence electrons. The number of methoxy groups -OCH3 is 1. The van der Waals surface area contributed by atoms with Crippen molar-refractivity contribution in [1.82, 2.24) is 0 Å². The molecule has 0 saturated carbocycles. The molecule has 1 aromatic carbocycles. The van der Waals surface area contributed by atoms with E-state index in [4.69, 9.17) is 10.5 Å². The Bertz CT molecular complexity index is 504. The van der Waals surface area contributed by atoms with E-state index in [0.29, 0.717) is 18.9 Å². The fraction of sp³-hybridized carbons (Fsp3) is 0.231. The third-order valence-corrected chi connectivity index (χ3v) is 2.59. The minimum Gasteiger partial charge on any atom is -0.383 e. The standard InChI is InChI=1S/C13H14N2O2/c1-17-7-3-6-9-4-2-5-10-8-11(16)15-13(14)12(9)10/h2-6H,7-8H2,1H3,(H2,14,15,16)/b6-3+. The summed E-state index contributed by atoms with van der Waals surface area (Å²) in [5, 5.41) is 0. The number of amidine groups is 1. The van der Waals surface area contributed by atoms with Crippen molar-refractivity contribution in [3.05, 3.63) is 41.0 Å². The van der Waals surface area contributed by atoms with Crippen LogP contribution in [-0.4, -0.2) is 25.5 Å². The van der Waals surface area contributed by atoms with Crippen molar-refractivity contribution in [1.29, 1.82) is 0 Å². The summed E-state index contributed by atoms with van der Waals surface area (Å²) in [7, 11) is 1.64. The zero-order valence-corrected chi connectivity index (χ0v) is 9.64. The van der Waals surface area contributed by atoms with E-state index in [2.05, 4.69) is 4.99 Å². The number of aliphatic imine (C=N–C) groups is 1. The quantitative estimate of drug-likeness (QED) is 0.846. The highest BCUT2D eigenvalue weighted by Crippen LogP contribution is 2.20. The summed E-state index contributed by atoms with van der Waals surface area (Å²) < 4.78 is 4.95. The predicted octanol–water partition coefficient (Wildman–Crippen LogP) is 1.13. The van der Waals surface area contributed by atoms with Crippen molar-refractivity contribution in [2.75, 3.05) is 13.7 Å². The highest BCUT2D eigenvalue weighted by molar-refractivity contribution is 6.10. The van der Waals surface area contributed by atoms with Crippen LogP contribution in [0.2, 0.25) is 0 Å². The first-order valence-electron chi connectivity index (χ1n) is 5.37. The Morgan fingerprint density at radius 2 is 2.35 bits per heavy atom. The van der Waals surface area contributed by atoms with Crippen LogP contribution in [0.15, 0.2) is 29.3 Å². The lowest BCUT2D eigenvalue weighted by Crippen LogP contribution is -2.24. The molecule has 0 saturated heterocycles. The van der Waals surface area contributed by atoms with Crippen LogP contribution in [0.5, 0.6) is 0 Å². The van der Waals surface area contributed by atoms with Gasteiger partial charge in [-0.1, -0.05) is 30.4 Å². The molecule has 0 atom stereocenters. The number of rotatable bonds is 3. The molecule has 1 aromatic rings. The van der Waals surface area contributed by atoms with Crippen LogP contribution in [0.25, 0.3) is 6.08 Å². The number of nitrogens with zero attached hydrogens (tertiary/aromatic N) is 1. The van der Waals surface area contributed by atoms with Crippen molar-refractivity contribution >= 4 is 17.8 Å². The monoisotopic (exact) mass is 230 g/mol. The fourth-order valence-electron chi connectivity index (χ4n) is 1.88. The van der Waals surface area contributed by atoms with Gasteiger partial charge in [0.05, 0.1) is 13.0 Å². The van der Waals surface area contributed by atoms with E-state index in [9.17, 15) is 4.79 Å². The molecule has 0 unspecified atom stereocenters. The predicted molar refractivity (Wildman–Crippen MR) is 66.8 cm³/mol. The maximum absolute atomic E-state index is 11.3. The van der Waals surface area contributed by atoms with Gasteiger partial charge in [-0.2, -0.15) is 4.99 Å². The summed E-state index contributed by atoms with van der Waals surface area (Å²) in [6.45, 7) is 0.541. The molecule has 0 spiro atoms. The molecule has 1 aliphatic rings. The number of fused-ring (bicyclic) bond motifs is 1. The maximum atomic E-state index is 11.3. The first-order chi connectivity index (χ1) is 8.22. The molecule has 4 heteroatoms. The second kappa shape index (κ2) is 4.93. The van der Waals surface area contributed by atoms with Gasteiger partial charge in [0.1, 0.15) is 5.84 Å². The molecule has 1 amide bonds. The number of ether oxygens (including phenoxy) is 1. The van der Waals surface area contributed by atoms with Crippen LogP contribution in [-0.2, 0) is 16.0 Å². The molecule has 0 bridgehead atoms. The zero-order valence-electron chi connectivity index (χ0n) is 9.64. The van der Waals surface area contributed by atoms with Crippen molar-refractivity contribution in [2.45, 2.75) is 6.42 Å². The van der Waals surface area contributed by atoms with Crippen molar-refractivity contribution in [2.24, 2.45) is 10.7 Å².